The summed E-state index contributed by atoms with van der Waals surface area (Å²) in [6.07, 6.45) is 0. The van der Waals surface area contributed by atoms with Crippen molar-refractivity contribution in [3.8, 4) is 0 Å². The summed E-state index contributed by atoms with van der Waals surface area (Å²) in [6, 6.07) is 12.4. The Morgan fingerprint density at radius 3 is 2.38 bits per heavy atom. The van der Waals surface area contributed by atoms with Crippen molar-refractivity contribution < 1.29 is 4.79 Å². The SMILES string of the molecule is CC(c1ccc(Cl)cc1)N(C)C(=O)c1cccc(N)c1Cl. The van der Waals surface area contributed by atoms with E-state index in [-0.39, 0.29) is 17.0 Å². The summed E-state index contributed by atoms with van der Waals surface area (Å²) in [5.74, 6) is -0.172. The second-order valence-electron chi connectivity index (χ2n) is 4.85. The zero-order valence-corrected chi connectivity index (χ0v) is 13.3. The zero-order chi connectivity index (χ0) is 15.6. The Hall–Kier alpha value is -1.71. The first kappa shape index (κ1) is 15.7. The van der Waals surface area contributed by atoms with E-state index >= 15 is 0 Å². The molecule has 2 N–H and O–H groups in total. The van der Waals surface area contributed by atoms with Crippen molar-refractivity contribution in [2.45, 2.75) is 13.0 Å². The van der Waals surface area contributed by atoms with Gasteiger partial charge in [-0.25, -0.2) is 0 Å². The minimum atomic E-state index is -0.172. The van der Waals surface area contributed by atoms with Gasteiger partial charge in [-0.2, -0.15) is 0 Å². The van der Waals surface area contributed by atoms with E-state index in [1.165, 1.54) is 0 Å². The number of carbonyl (C=O) groups is 1. The normalized spacial score (nSPS) is 12.0. The molecule has 0 aliphatic carbocycles. The van der Waals surface area contributed by atoms with Crippen LogP contribution in [0.1, 0.15) is 28.9 Å². The number of hydrogen-bond donors (Lipinski definition) is 1. The number of carbonyl (C=O) groups excluding carboxylic acids is 1. The van der Waals surface area contributed by atoms with E-state index in [1.807, 2.05) is 19.1 Å². The van der Waals surface area contributed by atoms with Gasteiger partial charge in [0, 0.05) is 12.1 Å². The van der Waals surface area contributed by atoms with Gasteiger partial charge >= 0.3 is 0 Å². The van der Waals surface area contributed by atoms with Crippen molar-refractivity contribution in [3.05, 3.63) is 63.6 Å². The Morgan fingerprint density at radius 2 is 1.76 bits per heavy atom. The molecule has 0 heterocycles. The average molecular weight is 323 g/mol. The molecule has 2 aromatic rings. The number of nitrogens with two attached hydrogens (primary N) is 1. The Balaban J connectivity index is 2.26. The molecule has 110 valence electrons. The highest BCUT2D eigenvalue weighted by molar-refractivity contribution is 6.36. The topological polar surface area (TPSA) is 46.3 Å². The first-order valence-corrected chi connectivity index (χ1v) is 7.24. The standard InChI is InChI=1S/C16H16Cl2N2O/c1-10(11-6-8-12(17)9-7-11)20(2)16(21)13-4-3-5-14(19)15(13)18/h3-10H,19H2,1-2H3. The van der Waals surface area contributed by atoms with Gasteiger partial charge in [-0.15, -0.1) is 0 Å². The summed E-state index contributed by atoms with van der Waals surface area (Å²) in [7, 11) is 1.74. The van der Waals surface area contributed by atoms with Crippen LogP contribution in [0.4, 0.5) is 5.69 Å². The van der Waals surface area contributed by atoms with Crippen molar-refractivity contribution in [1.82, 2.24) is 4.90 Å². The Bertz CT molecular complexity index is 656. The second kappa shape index (κ2) is 6.37. The van der Waals surface area contributed by atoms with E-state index in [0.717, 1.165) is 5.56 Å². The van der Waals surface area contributed by atoms with Crippen LogP contribution in [0.25, 0.3) is 0 Å². The number of amides is 1. The minimum absolute atomic E-state index is 0.104. The molecule has 0 fully saturated rings. The van der Waals surface area contributed by atoms with Gasteiger partial charge in [-0.05, 0) is 36.8 Å². The third kappa shape index (κ3) is 3.31. The average Bonchev–Trinajstić information content (AvgIpc) is 2.48. The summed E-state index contributed by atoms with van der Waals surface area (Å²) in [5.41, 5.74) is 7.54. The maximum atomic E-state index is 12.6. The van der Waals surface area contributed by atoms with Crippen LogP contribution in [0.2, 0.25) is 10.0 Å². The van der Waals surface area contributed by atoms with Crippen LogP contribution in [-0.2, 0) is 0 Å². The summed E-state index contributed by atoms with van der Waals surface area (Å²) in [4.78, 5) is 14.2. The van der Waals surface area contributed by atoms with Crippen molar-refractivity contribution in [1.29, 1.82) is 0 Å². The maximum absolute atomic E-state index is 12.6. The molecule has 0 spiro atoms. The van der Waals surface area contributed by atoms with E-state index in [1.54, 1.807) is 42.3 Å². The van der Waals surface area contributed by atoms with Crippen LogP contribution in [0.15, 0.2) is 42.5 Å². The van der Waals surface area contributed by atoms with Crippen LogP contribution in [0.3, 0.4) is 0 Å². The number of hydrogen-bond acceptors (Lipinski definition) is 2. The quantitative estimate of drug-likeness (QED) is 0.851. The van der Waals surface area contributed by atoms with Gasteiger partial charge < -0.3 is 10.6 Å². The van der Waals surface area contributed by atoms with Crippen molar-refractivity contribution in [3.63, 3.8) is 0 Å². The highest BCUT2D eigenvalue weighted by Crippen LogP contribution is 2.27. The third-order valence-electron chi connectivity index (χ3n) is 3.51. The highest BCUT2D eigenvalue weighted by atomic mass is 35.5. The van der Waals surface area contributed by atoms with E-state index in [0.29, 0.717) is 16.3 Å². The van der Waals surface area contributed by atoms with Gasteiger partial charge in [0.2, 0.25) is 0 Å². The lowest BCUT2D eigenvalue weighted by molar-refractivity contribution is 0.0743. The van der Waals surface area contributed by atoms with Crippen molar-refractivity contribution in [2.24, 2.45) is 0 Å². The Kier molecular flexibility index (Phi) is 4.76. The van der Waals surface area contributed by atoms with Gasteiger partial charge in [0.1, 0.15) is 0 Å². The molecule has 0 aliphatic rings. The molecule has 1 amide bonds. The fourth-order valence-corrected chi connectivity index (χ4v) is 2.38. The molecule has 5 heteroatoms. The predicted octanol–water partition coefficient (Wildman–Crippen LogP) is 4.41. The first-order valence-electron chi connectivity index (χ1n) is 6.48. The van der Waals surface area contributed by atoms with Gasteiger partial charge in [0.05, 0.1) is 22.3 Å². The van der Waals surface area contributed by atoms with E-state index in [9.17, 15) is 4.79 Å². The van der Waals surface area contributed by atoms with Crippen LogP contribution in [0, 0.1) is 0 Å². The maximum Gasteiger partial charge on any atom is 0.255 e. The molecular formula is C16H16Cl2N2O. The Morgan fingerprint density at radius 1 is 1.14 bits per heavy atom. The minimum Gasteiger partial charge on any atom is -0.398 e. The van der Waals surface area contributed by atoms with Crippen LogP contribution in [-0.4, -0.2) is 17.9 Å². The summed E-state index contributed by atoms with van der Waals surface area (Å²) >= 11 is 12.0. The number of nitrogen functional groups attached to an aromatic ring is 1. The fourth-order valence-electron chi connectivity index (χ4n) is 2.05. The predicted molar refractivity (Wildman–Crippen MR) is 87.8 cm³/mol. The van der Waals surface area contributed by atoms with Crippen molar-refractivity contribution >= 4 is 34.8 Å². The summed E-state index contributed by atoms with van der Waals surface area (Å²) in [5, 5.41) is 0.955. The van der Waals surface area contributed by atoms with E-state index in [4.69, 9.17) is 28.9 Å². The number of benzene rings is 2. The smallest absolute Gasteiger partial charge is 0.255 e. The third-order valence-corrected chi connectivity index (χ3v) is 4.19. The largest absolute Gasteiger partial charge is 0.398 e. The first-order chi connectivity index (χ1) is 9.91. The fraction of sp³-hybridized carbons (Fsp3) is 0.188. The van der Waals surface area contributed by atoms with Crippen LogP contribution >= 0.6 is 23.2 Å². The van der Waals surface area contributed by atoms with Gasteiger partial charge in [-0.3, -0.25) is 4.79 Å². The monoisotopic (exact) mass is 322 g/mol. The molecule has 1 unspecified atom stereocenters. The van der Waals surface area contributed by atoms with E-state index < -0.39 is 0 Å². The number of rotatable bonds is 3. The molecular weight excluding hydrogens is 307 g/mol. The number of nitrogens with zero attached hydrogens (tertiary/aromatic N) is 1. The zero-order valence-electron chi connectivity index (χ0n) is 11.8. The molecule has 0 saturated carbocycles. The molecule has 0 aliphatic heterocycles. The second-order valence-corrected chi connectivity index (χ2v) is 5.67. The van der Waals surface area contributed by atoms with Gasteiger partial charge in [-0.1, -0.05) is 41.4 Å². The number of halogens is 2. The molecule has 3 nitrogen and oxygen atoms in total. The molecule has 21 heavy (non-hydrogen) atoms. The molecule has 0 bridgehead atoms. The molecule has 2 aromatic carbocycles. The number of anilines is 1. The summed E-state index contributed by atoms with van der Waals surface area (Å²) < 4.78 is 0. The molecule has 1 atom stereocenters. The molecule has 0 saturated heterocycles. The molecule has 0 radical (unpaired) electrons. The van der Waals surface area contributed by atoms with Crippen molar-refractivity contribution in [2.75, 3.05) is 12.8 Å². The van der Waals surface area contributed by atoms with E-state index in [2.05, 4.69) is 0 Å². The lowest BCUT2D eigenvalue weighted by Gasteiger charge is -2.26. The molecule has 0 aromatic heterocycles. The summed E-state index contributed by atoms with van der Waals surface area (Å²) in [6.45, 7) is 1.95. The van der Waals surface area contributed by atoms with Crippen LogP contribution < -0.4 is 5.73 Å². The highest BCUT2D eigenvalue weighted by Gasteiger charge is 2.21. The lowest BCUT2D eigenvalue weighted by Crippen LogP contribution is -2.30. The van der Waals surface area contributed by atoms with Crippen LogP contribution in [0.5, 0.6) is 0 Å². The molecule has 2 rings (SSSR count). The van der Waals surface area contributed by atoms with Gasteiger partial charge in [0.15, 0.2) is 0 Å². The Labute approximate surface area is 134 Å². The lowest BCUT2D eigenvalue weighted by atomic mass is 10.1. The van der Waals surface area contributed by atoms with Gasteiger partial charge in [0.25, 0.3) is 5.91 Å².